The van der Waals surface area contributed by atoms with Gasteiger partial charge in [0.25, 0.3) is 0 Å². The lowest BCUT2D eigenvalue weighted by molar-refractivity contribution is -0.157. The van der Waals surface area contributed by atoms with Gasteiger partial charge >= 0.3 is 12.0 Å². The first-order valence-corrected chi connectivity index (χ1v) is 13.1. The first-order valence-electron chi connectivity index (χ1n) is 11.5. The van der Waals surface area contributed by atoms with Gasteiger partial charge in [0.1, 0.15) is 11.6 Å². The van der Waals surface area contributed by atoms with Crippen LogP contribution in [0.1, 0.15) is 31.9 Å². The monoisotopic (exact) mass is 509 g/mol. The Bertz CT molecular complexity index is 1260. The average molecular weight is 510 g/mol. The molecule has 0 aliphatic carbocycles. The normalized spacial score (nSPS) is 12.3. The maximum absolute atomic E-state index is 12.7. The van der Waals surface area contributed by atoms with E-state index in [1.807, 2.05) is 36.4 Å². The largest absolute Gasteiger partial charge is 0.458 e. The van der Waals surface area contributed by atoms with Gasteiger partial charge in [0, 0.05) is 17.8 Å². The first kappa shape index (κ1) is 26.7. The SMILES string of the molecule is CC(C)(C)OC(=O)[C@H](Cc1ccccc1)NC(=O)Nc1ccc(NS(=O)(=O)Cc2ccccc2)cc1. The van der Waals surface area contributed by atoms with Crippen LogP contribution >= 0.6 is 0 Å². The second-order valence-corrected chi connectivity index (χ2v) is 11.0. The Hall–Kier alpha value is -3.85. The number of urea groups is 1. The van der Waals surface area contributed by atoms with E-state index in [0.717, 1.165) is 5.56 Å². The van der Waals surface area contributed by atoms with Crippen molar-refractivity contribution in [3.63, 3.8) is 0 Å². The highest BCUT2D eigenvalue weighted by atomic mass is 32.2. The van der Waals surface area contributed by atoms with Crippen molar-refractivity contribution in [1.29, 1.82) is 0 Å². The van der Waals surface area contributed by atoms with Crippen molar-refractivity contribution in [1.82, 2.24) is 5.32 Å². The lowest BCUT2D eigenvalue weighted by atomic mass is 10.1. The average Bonchev–Trinajstić information content (AvgIpc) is 2.79. The fraction of sp³-hybridized carbons (Fsp3) is 0.259. The molecule has 9 heteroatoms. The van der Waals surface area contributed by atoms with Crippen molar-refractivity contribution >= 4 is 33.4 Å². The molecule has 8 nitrogen and oxygen atoms in total. The summed E-state index contributed by atoms with van der Waals surface area (Å²) >= 11 is 0. The molecule has 0 fully saturated rings. The van der Waals surface area contributed by atoms with Crippen LogP contribution < -0.4 is 15.4 Å². The topological polar surface area (TPSA) is 114 Å². The van der Waals surface area contributed by atoms with E-state index in [4.69, 9.17) is 4.74 Å². The predicted octanol–water partition coefficient (Wildman–Crippen LogP) is 4.70. The van der Waals surface area contributed by atoms with Crippen LogP contribution in [-0.2, 0) is 31.7 Å². The molecule has 2 amide bonds. The van der Waals surface area contributed by atoms with Crippen LogP contribution in [0.5, 0.6) is 0 Å². The molecule has 0 aliphatic heterocycles. The number of benzene rings is 3. The molecule has 0 saturated carbocycles. The van der Waals surface area contributed by atoms with E-state index in [9.17, 15) is 18.0 Å². The maximum atomic E-state index is 12.7. The van der Waals surface area contributed by atoms with E-state index in [1.54, 1.807) is 69.3 Å². The molecular weight excluding hydrogens is 478 g/mol. The van der Waals surface area contributed by atoms with Crippen molar-refractivity contribution in [2.24, 2.45) is 0 Å². The van der Waals surface area contributed by atoms with Gasteiger partial charge < -0.3 is 15.4 Å². The number of carbonyl (C=O) groups excluding carboxylic acids is 2. The van der Waals surface area contributed by atoms with Gasteiger partial charge in [0.2, 0.25) is 10.0 Å². The lowest BCUT2D eigenvalue weighted by Crippen LogP contribution is -2.47. The van der Waals surface area contributed by atoms with Crippen LogP contribution in [-0.4, -0.2) is 32.1 Å². The molecule has 0 aromatic heterocycles. The number of carbonyl (C=O) groups is 2. The number of ether oxygens (including phenoxy) is 1. The number of sulfonamides is 1. The van der Waals surface area contributed by atoms with E-state index >= 15 is 0 Å². The van der Waals surface area contributed by atoms with E-state index in [-0.39, 0.29) is 12.2 Å². The summed E-state index contributed by atoms with van der Waals surface area (Å²) in [6.07, 6.45) is 0.269. The van der Waals surface area contributed by atoms with Gasteiger partial charge in [0.05, 0.1) is 5.75 Å². The summed E-state index contributed by atoms with van der Waals surface area (Å²) < 4.78 is 32.9. The molecule has 0 spiro atoms. The van der Waals surface area contributed by atoms with Gasteiger partial charge in [-0.3, -0.25) is 4.72 Å². The Morgan fingerprint density at radius 3 is 1.89 bits per heavy atom. The molecule has 0 heterocycles. The van der Waals surface area contributed by atoms with Gasteiger partial charge in [-0.1, -0.05) is 60.7 Å². The Morgan fingerprint density at radius 1 is 0.806 bits per heavy atom. The second kappa shape index (κ2) is 11.7. The minimum atomic E-state index is -3.59. The van der Waals surface area contributed by atoms with Crippen molar-refractivity contribution in [2.45, 2.75) is 44.6 Å². The highest BCUT2D eigenvalue weighted by Gasteiger charge is 2.27. The molecular formula is C27H31N3O5S. The van der Waals surface area contributed by atoms with Gasteiger partial charge in [0.15, 0.2) is 0 Å². The molecule has 3 aromatic carbocycles. The third-order valence-corrected chi connectivity index (χ3v) is 6.15. The second-order valence-electron chi connectivity index (χ2n) is 9.30. The zero-order valence-corrected chi connectivity index (χ0v) is 21.3. The Kier molecular flexibility index (Phi) is 8.71. The Labute approximate surface area is 212 Å². The molecule has 1 atom stereocenters. The number of esters is 1. The van der Waals surface area contributed by atoms with Crippen LogP contribution in [0.3, 0.4) is 0 Å². The fourth-order valence-electron chi connectivity index (χ4n) is 3.37. The number of hydrogen-bond acceptors (Lipinski definition) is 5. The summed E-state index contributed by atoms with van der Waals surface area (Å²) in [5, 5.41) is 5.35. The van der Waals surface area contributed by atoms with E-state index in [1.165, 1.54) is 0 Å². The summed E-state index contributed by atoms with van der Waals surface area (Å²) in [5.74, 6) is -0.686. The van der Waals surface area contributed by atoms with Crippen LogP contribution in [0.15, 0.2) is 84.9 Å². The predicted molar refractivity (Wildman–Crippen MR) is 141 cm³/mol. The number of rotatable bonds is 9. The maximum Gasteiger partial charge on any atom is 0.329 e. The summed E-state index contributed by atoms with van der Waals surface area (Å²) in [5.41, 5.74) is 1.65. The molecule has 3 rings (SSSR count). The van der Waals surface area contributed by atoms with Crippen LogP contribution in [0, 0.1) is 0 Å². The summed E-state index contributed by atoms with van der Waals surface area (Å²) in [6.45, 7) is 5.29. The van der Waals surface area contributed by atoms with Gasteiger partial charge in [-0.2, -0.15) is 0 Å². The van der Waals surface area contributed by atoms with Gasteiger partial charge in [-0.15, -0.1) is 0 Å². The molecule has 3 N–H and O–H groups in total. The molecule has 0 radical (unpaired) electrons. The van der Waals surface area contributed by atoms with Crippen molar-refractivity contribution in [3.05, 3.63) is 96.1 Å². The van der Waals surface area contributed by atoms with Gasteiger partial charge in [-0.05, 0) is 56.2 Å². The Balaban J connectivity index is 1.61. The molecule has 0 bridgehead atoms. The minimum absolute atomic E-state index is 0.149. The smallest absolute Gasteiger partial charge is 0.329 e. The lowest BCUT2D eigenvalue weighted by Gasteiger charge is -2.24. The Morgan fingerprint density at radius 2 is 1.33 bits per heavy atom. The number of hydrogen-bond donors (Lipinski definition) is 3. The summed E-state index contributed by atoms with van der Waals surface area (Å²) in [4.78, 5) is 25.4. The number of nitrogens with one attached hydrogen (secondary N) is 3. The standard InChI is InChI=1S/C27H31N3O5S/c1-27(2,3)35-25(31)24(18-20-10-6-4-7-11-20)29-26(32)28-22-14-16-23(17-15-22)30-36(33,34)19-21-12-8-5-9-13-21/h4-17,24,30H,18-19H2,1-3H3,(H2,28,29,32)/t24-/m0/s1. The van der Waals surface area contributed by atoms with Crippen molar-refractivity contribution in [2.75, 3.05) is 10.0 Å². The quantitative estimate of drug-likeness (QED) is 0.362. The molecule has 0 unspecified atom stereocenters. The molecule has 190 valence electrons. The molecule has 0 saturated heterocycles. The van der Waals surface area contributed by atoms with E-state index < -0.39 is 33.7 Å². The number of anilines is 2. The number of amides is 2. The summed E-state index contributed by atoms with van der Waals surface area (Å²) in [6, 6.07) is 23.0. The molecule has 36 heavy (non-hydrogen) atoms. The van der Waals surface area contributed by atoms with Gasteiger partial charge in [-0.25, -0.2) is 18.0 Å². The zero-order valence-electron chi connectivity index (χ0n) is 20.5. The highest BCUT2D eigenvalue weighted by molar-refractivity contribution is 7.91. The third-order valence-electron chi connectivity index (χ3n) is 4.89. The van der Waals surface area contributed by atoms with Crippen molar-refractivity contribution in [3.8, 4) is 0 Å². The zero-order chi connectivity index (χ0) is 26.2. The van der Waals surface area contributed by atoms with Crippen LogP contribution in [0.2, 0.25) is 0 Å². The fourth-order valence-corrected chi connectivity index (χ4v) is 4.57. The van der Waals surface area contributed by atoms with Crippen LogP contribution in [0.4, 0.5) is 16.2 Å². The van der Waals surface area contributed by atoms with Crippen LogP contribution in [0.25, 0.3) is 0 Å². The molecule has 3 aromatic rings. The first-order chi connectivity index (χ1) is 17.0. The molecule has 0 aliphatic rings. The highest BCUT2D eigenvalue weighted by Crippen LogP contribution is 2.17. The third kappa shape index (κ3) is 9.07. The summed E-state index contributed by atoms with van der Waals surface area (Å²) in [7, 11) is -3.59. The van der Waals surface area contributed by atoms with E-state index in [0.29, 0.717) is 16.9 Å². The van der Waals surface area contributed by atoms with E-state index in [2.05, 4.69) is 15.4 Å². The van der Waals surface area contributed by atoms with Crippen molar-refractivity contribution < 1.29 is 22.7 Å². The minimum Gasteiger partial charge on any atom is -0.458 e.